The van der Waals surface area contributed by atoms with Crippen molar-refractivity contribution in [2.75, 3.05) is 6.61 Å². The van der Waals surface area contributed by atoms with Gasteiger partial charge in [-0.1, -0.05) is 31.2 Å². The third-order valence-corrected chi connectivity index (χ3v) is 3.68. The molecular weight excluding hydrogens is 366 g/mol. The molecule has 0 saturated carbocycles. The van der Waals surface area contributed by atoms with Crippen molar-refractivity contribution in [3.05, 3.63) is 70.8 Å². The van der Waals surface area contributed by atoms with Gasteiger partial charge in [0.2, 0.25) is 5.91 Å². The number of nitrogens with one attached hydrogen (secondary N) is 1. The zero-order valence-corrected chi connectivity index (χ0v) is 15.0. The normalized spacial score (nSPS) is 12.1. The summed E-state index contributed by atoms with van der Waals surface area (Å²) >= 11 is 0. The molecule has 1 aliphatic rings. The van der Waals surface area contributed by atoms with Gasteiger partial charge in [-0.3, -0.25) is 29.2 Å². The van der Waals surface area contributed by atoms with Crippen LogP contribution in [0.25, 0.3) is 0 Å². The molecule has 0 unspecified atom stereocenters. The van der Waals surface area contributed by atoms with Gasteiger partial charge in [-0.25, -0.2) is 5.48 Å². The third kappa shape index (κ3) is 4.58. The number of hydrogen-bond acceptors (Lipinski definition) is 6. The maximum atomic E-state index is 11.6. The van der Waals surface area contributed by atoms with E-state index >= 15 is 0 Å². The predicted octanol–water partition coefficient (Wildman–Crippen LogP) is 1.53. The van der Waals surface area contributed by atoms with E-state index in [0.717, 1.165) is 6.42 Å². The van der Waals surface area contributed by atoms with Crippen molar-refractivity contribution >= 4 is 23.6 Å². The Morgan fingerprint density at radius 3 is 2.00 bits per heavy atom. The van der Waals surface area contributed by atoms with Crippen LogP contribution < -0.4 is 11.2 Å². The Bertz CT molecular complexity index is 877. The highest BCUT2D eigenvalue weighted by Gasteiger charge is 2.34. The minimum atomic E-state index is -0.657. The molecule has 0 aromatic heterocycles. The molecule has 0 saturated heterocycles. The van der Waals surface area contributed by atoms with Crippen LogP contribution in [0.3, 0.4) is 0 Å². The van der Waals surface area contributed by atoms with E-state index < -0.39 is 23.6 Å². The van der Waals surface area contributed by atoms with Crippen molar-refractivity contribution in [2.24, 2.45) is 5.73 Å². The van der Waals surface area contributed by atoms with Crippen LogP contribution in [-0.4, -0.2) is 40.5 Å². The first-order chi connectivity index (χ1) is 13.4. The van der Waals surface area contributed by atoms with Gasteiger partial charge in [0.25, 0.3) is 17.7 Å². The second-order valence-corrected chi connectivity index (χ2v) is 5.66. The molecule has 4 amide bonds. The molecule has 0 fully saturated rings. The number of nitrogens with two attached hydrogens (primary N) is 1. The number of carbonyl (C=O) groups is 4. The van der Waals surface area contributed by atoms with Gasteiger partial charge >= 0.3 is 0 Å². The zero-order chi connectivity index (χ0) is 20.7. The molecule has 4 N–H and O–H groups in total. The van der Waals surface area contributed by atoms with E-state index in [2.05, 4.69) is 5.48 Å². The maximum absolute atomic E-state index is 11.6. The summed E-state index contributed by atoms with van der Waals surface area (Å²) in [4.78, 5) is 49.7. The average Bonchev–Trinajstić information content (AvgIpc) is 2.93. The molecule has 28 heavy (non-hydrogen) atoms. The molecule has 0 spiro atoms. The minimum absolute atomic E-state index is 0.130. The quantitative estimate of drug-likeness (QED) is 0.309. The van der Waals surface area contributed by atoms with Gasteiger partial charge in [0.05, 0.1) is 28.9 Å². The summed E-state index contributed by atoms with van der Waals surface area (Å²) in [7, 11) is 0. The second-order valence-electron chi connectivity index (χ2n) is 5.66. The number of hydrogen-bond donors (Lipinski definition) is 3. The van der Waals surface area contributed by atoms with Crippen molar-refractivity contribution in [3.8, 4) is 0 Å². The molecule has 0 aliphatic carbocycles. The number of imide groups is 1. The van der Waals surface area contributed by atoms with E-state index in [0.29, 0.717) is 6.61 Å². The highest BCUT2D eigenvalue weighted by Crippen LogP contribution is 2.20. The van der Waals surface area contributed by atoms with Gasteiger partial charge in [0.1, 0.15) is 0 Å². The summed E-state index contributed by atoms with van der Waals surface area (Å²) in [6.45, 7) is 2.34. The van der Waals surface area contributed by atoms with Gasteiger partial charge in [0, 0.05) is 0 Å². The lowest BCUT2D eigenvalue weighted by atomic mass is 10.1. The highest BCUT2D eigenvalue weighted by atomic mass is 16.6. The Hall–Kier alpha value is -3.56. The van der Waals surface area contributed by atoms with Gasteiger partial charge in [-0.2, -0.15) is 0 Å². The van der Waals surface area contributed by atoms with Crippen LogP contribution in [0, 0.1) is 0 Å². The lowest BCUT2D eigenvalue weighted by Gasteiger charge is -2.07. The van der Waals surface area contributed by atoms with E-state index in [9.17, 15) is 19.2 Å². The number of nitrogens with zero attached hydrogens (tertiary/aromatic N) is 1. The fraction of sp³-hybridized carbons (Fsp3) is 0.158. The standard InChI is InChI=1S/C11H14N2O3.C8H5NO3/c1-2-7-16-13-11(15)9-6-4-3-5-8(9)10(12)14;10-7-5-3-1-2-4-6(5)8(11)9(7)12/h3-6H,2,7H2,1H3,(H2,12,14)(H,13,15);1-4,12H. The van der Waals surface area contributed by atoms with Crippen molar-refractivity contribution in [2.45, 2.75) is 13.3 Å². The Kier molecular flexibility index (Phi) is 6.96. The molecular formula is C19H19N3O6. The Morgan fingerprint density at radius 2 is 1.50 bits per heavy atom. The number of hydroxylamine groups is 3. The van der Waals surface area contributed by atoms with Crippen LogP contribution in [0.4, 0.5) is 0 Å². The summed E-state index contributed by atoms with van der Waals surface area (Å²) in [5.74, 6) is -2.42. The molecule has 146 valence electrons. The summed E-state index contributed by atoms with van der Waals surface area (Å²) in [5.41, 5.74) is 8.30. The first-order valence-electron chi connectivity index (χ1n) is 8.36. The van der Waals surface area contributed by atoms with E-state index in [4.69, 9.17) is 15.8 Å². The van der Waals surface area contributed by atoms with Crippen LogP contribution in [0.2, 0.25) is 0 Å². The van der Waals surface area contributed by atoms with Crippen molar-refractivity contribution in [1.29, 1.82) is 0 Å². The molecule has 1 heterocycles. The molecule has 2 aromatic rings. The van der Waals surface area contributed by atoms with Gasteiger partial charge in [-0.15, -0.1) is 5.06 Å². The molecule has 1 aliphatic heterocycles. The molecule has 0 bridgehead atoms. The largest absolute Gasteiger partial charge is 0.366 e. The van der Waals surface area contributed by atoms with Crippen LogP contribution in [0.15, 0.2) is 48.5 Å². The fourth-order valence-corrected chi connectivity index (χ4v) is 2.35. The highest BCUT2D eigenvalue weighted by molar-refractivity contribution is 6.20. The summed E-state index contributed by atoms with van der Waals surface area (Å²) in [6, 6.07) is 12.6. The van der Waals surface area contributed by atoms with Crippen LogP contribution in [-0.2, 0) is 4.84 Å². The fourth-order valence-electron chi connectivity index (χ4n) is 2.35. The van der Waals surface area contributed by atoms with Crippen LogP contribution in [0.1, 0.15) is 54.8 Å². The summed E-state index contributed by atoms with van der Waals surface area (Å²) in [6.07, 6.45) is 0.789. The first kappa shape index (κ1) is 20.7. The number of rotatable bonds is 5. The molecule has 2 aromatic carbocycles. The maximum Gasteiger partial charge on any atom is 0.285 e. The van der Waals surface area contributed by atoms with Gasteiger partial charge in [-0.05, 0) is 30.7 Å². The van der Waals surface area contributed by atoms with E-state index in [1.54, 1.807) is 24.3 Å². The summed E-state index contributed by atoms with van der Waals surface area (Å²) in [5, 5.41) is 9.05. The molecule has 0 atom stereocenters. The van der Waals surface area contributed by atoms with Gasteiger partial charge < -0.3 is 5.73 Å². The van der Waals surface area contributed by atoms with Gasteiger partial charge in [0.15, 0.2) is 0 Å². The topological polar surface area (TPSA) is 139 Å². The van der Waals surface area contributed by atoms with Crippen LogP contribution in [0.5, 0.6) is 0 Å². The number of carbonyl (C=O) groups excluding carboxylic acids is 4. The smallest absolute Gasteiger partial charge is 0.285 e. The monoisotopic (exact) mass is 385 g/mol. The number of benzene rings is 2. The molecule has 9 heteroatoms. The minimum Gasteiger partial charge on any atom is -0.366 e. The SMILES string of the molecule is CCCONC(=O)c1ccccc1C(N)=O.O=C1c2ccccc2C(=O)N1O. The lowest BCUT2D eigenvalue weighted by molar-refractivity contribution is -0.0327. The Balaban J connectivity index is 0.000000207. The second kappa shape index (κ2) is 9.40. The van der Waals surface area contributed by atoms with E-state index in [1.807, 2.05) is 6.92 Å². The van der Waals surface area contributed by atoms with E-state index in [-0.39, 0.29) is 27.3 Å². The summed E-state index contributed by atoms with van der Waals surface area (Å²) < 4.78 is 0. The third-order valence-electron chi connectivity index (χ3n) is 3.68. The van der Waals surface area contributed by atoms with Crippen molar-refractivity contribution < 1.29 is 29.2 Å². The average molecular weight is 385 g/mol. The molecule has 0 radical (unpaired) electrons. The predicted molar refractivity (Wildman–Crippen MR) is 97.4 cm³/mol. The zero-order valence-electron chi connectivity index (χ0n) is 15.0. The first-order valence-corrected chi connectivity index (χ1v) is 8.36. The Labute approximate surface area is 160 Å². The van der Waals surface area contributed by atoms with Crippen LogP contribution >= 0.6 is 0 Å². The Morgan fingerprint density at radius 1 is 1.00 bits per heavy atom. The molecule has 9 nitrogen and oxygen atoms in total. The van der Waals surface area contributed by atoms with Crippen molar-refractivity contribution in [3.63, 3.8) is 0 Å². The number of fused-ring (bicyclic) bond motifs is 1. The van der Waals surface area contributed by atoms with E-state index in [1.165, 1.54) is 24.3 Å². The van der Waals surface area contributed by atoms with Crippen molar-refractivity contribution in [1.82, 2.24) is 10.5 Å². The number of primary amides is 1. The molecule has 3 rings (SSSR count). The lowest BCUT2D eigenvalue weighted by Crippen LogP contribution is -2.27. The number of amides is 4.